The largest absolute Gasteiger partial charge is 0.398 e. The standard InChI is InChI=1S/C25H27Cl2N7S/c1-15(23-18(26)7-30-8-19(23)27)5-16-3-4-20(28)17(6-16)24(29)21-9-32-22(10-31-21)33-11-25(12-33)13-34(14-25)35-2/h3-4,6-10,15,29H,5,11-14,28H2,1-2H3/t15-/m0/s1. The number of nitrogens with two attached hydrogens (primary N) is 1. The normalized spacial score (nSPS) is 17.7. The fourth-order valence-corrected chi connectivity index (χ4v) is 6.55. The second-order valence-electron chi connectivity index (χ2n) is 9.52. The van der Waals surface area contributed by atoms with Crippen molar-refractivity contribution in [1.82, 2.24) is 19.3 Å². The van der Waals surface area contributed by atoms with Crippen LogP contribution >= 0.6 is 35.1 Å². The van der Waals surface area contributed by atoms with Crippen molar-refractivity contribution in [3.63, 3.8) is 0 Å². The number of nitrogen functional groups attached to an aromatic ring is 1. The third-order valence-corrected chi connectivity index (χ3v) is 8.24. The summed E-state index contributed by atoms with van der Waals surface area (Å²) in [5.74, 6) is 0.928. The first kappa shape index (κ1) is 24.3. The Morgan fingerprint density at radius 1 is 1.11 bits per heavy atom. The van der Waals surface area contributed by atoms with Gasteiger partial charge in [0.2, 0.25) is 0 Å². The molecule has 0 radical (unpaired) electrons. The average molecular weight is 529 g/mol. The summed E-state index contributed by atoms with van der Waals surface area (Å²) in [5, 5.41) is 9.85. The number of aromatic nitrogens is 3. The topological polar surface area (TPSA) is 95.0 Å². The van der Waals surface area contributed by atoms with Crippen LogP contribution in [-0.2, 0) is 6.42 Å². The van der Waals surface area contributed by atoms with Crippen molar-refractivity contribution < 1.29 is 0 Å². The molecule has 3 aromatic rings. The third kappa shape index (κ3) is 4.72. The molecule has 1 aromatic carbocycles. The molecule has 0 unspecified atom stereocenters. The fourth-order valence-electron chi connectivity index (χ4n) is 5.00. The smallest absolute Gasteiger partial charge is 0.147 e. The highest BCUT2D eigenvalue weighted by Crippen LogP contribution is 2.43. The van der Waals surface area contributed by atoms with Gasteiger partial charge in [0.05, 0.1) is 28.2 Å². The van der Waals surface area contributed by atoms with Gasteiger partial charge in [-0.05, 0) is 41.9 Å². The van der Waals surface area contributed by atoms with E-state index in [1.165, 1.54) is 0 Å². The summed E-state index contributed by atoms with van der Waals surface area (Å²) in [4.78, 5) is 15.4. The van der Waals surface area contributed by atoms with Gasteiger partial charge in [-0.3, -0.25) is 10.4 Å². The van der Waals surface area contributed by atoms with Gasteiger partial charge in [0, 0.05) is 55.2 Å². The van der Waals surface area contributed by atoms with Gasteiger partial charge in [0.25, 0.3) is 0 Å². The van der Waals surface area contributed by atoms with Gasteiger partial charge in [-0.2, -0.15) is 0 Å². The van der Waals surface area contributed by atoms with Crippen LogP contribution in [0.3, 0.4) is 0 Å². The van der Waals surface area contributed by atoms with Gasteiger partial charge < -0.3 is 10.6 Å². The van der Waals surface area contributed by atoms with Crippen LogP contribution in [0.1, 0.15) is 35.2 Å². The zero-order chi connectivity index (χ0) is 24.7. The highest BCUT2D eigenvalue weighted by molar-refractivity contribution is 7.96. The second-order valence-corrected chi connectivity index (χ2v) is 11.2. The van der Waals surface area contributed by atoms with Crippen molar-refractivity contribution >= 4 is 52.4 Å². The zero-order valence-corrected chi connectivity index (χ0v) is 22.0. The predicted molar refractivity (Wildman–Crippen MR) is 145 cm³/mol. The molecule has 7 nitrogen and oxygen atoms in total. The molecule has 10 heteroatoms. The Kier molecular flexibility index (Phi) is 6.65. The summed E-state index contributed by atoms with van der Waals surface area (Å²) in [7, 11) is 0. The SMILES string of the molecule is CSN1CC2(C1)CN(c1cnc(C(=N)c3cc(C[C@H](C)c4c(Cl)cncc4Cl)ccc3N)cn1)C2. The van der Waals surface area contributed by atoms with Crippen molar-refractivity contribution in [2.45, 2.75) is 19.3 Å². The molecule has 4 heterocycles. The van der Waals surface area contributed by atoms with Gasteiger partial charge >= 0.3 is 0 Å². The summed E-state index contributed by atoms with van der Waals surface area (Å²) in [6.07, 6.45) is 9.46. The second kappa shape index (κ2) is 9.58. The molecular formula is C25H27Cl2N7S. The van der Waals surface area contributed by atoms with Gasteiger partial charge in [-0.15, -0.1) is 0 Å². The minimum absolute atomic E-state index is 0.0706. The van der Waals surface area contributed by atoms with Crippen LogP contribution in [0.25, 0.3) is 0 Å². The van der Waals surface area contributed by atoms with Crippen LogP contribution in [0.5, 0.6) is 0 Å². The Morgan fingerprint density at radius 3 is 2.46 bits per heavy atom. The summed E-state index contributed by atoms with van der Waals surface area (Å²) in [5.41, 5.74) is 10.5. The zero-order valence-electron chi connectivity index (χ0n) is 19.6. The maximum atomic E-state index is 8.75. The van der Waals surface area contributed by atoms with Crippen LogP contribution < -0.4 is 10.6 Å². The molecule has 35 heavy (non-hydrogen) atoms. The number of nitrogens with zero attached hydrogens (tertiary/aromatic N) is 5. The molecule has 2 fully saturated rings. The minimum Gasteiger partial charge on any atom is -0.398 e. The van der Waals surface area contributed by atoms with E-state index in [0.29, 0.717) is 38.8 Å². The fraction of sp³-hybridized carbons (Fsp3) is 0.360. The Morgan fingerprint density at radius 2 is 1.83 bits per heavy atom. The molecule has 2 aromatic heterocycles. The van der Waals surface area contributed by atoms with Crippen molar-refractivity contribution in [3.8, 4) is 0 Å². The Bertz CT molecular complexity index is 1230. The van der Waals surface area contributed by atoms with E-state index in [9.17, 15) is 0 Å². The summed E-state index contributed by atoms with van der Waals surface area (Å²) in [6, 6.07) is 5.75. The van der Waals surface area contributed by atoms with Crippen LogP contribution in [0, 0.1) is 10.8 Å². The Balaban J connectivity index is 1.28. The van der Waals surface area contributed by atoms with Gasteiger partial charge in [0.15, 0.2) is 0 Å². The maximum Gasteiger partial charge on any atom is 0.147 e. The van der Waals surface area contributed by atoms with E-state index in [-0.39, 0.29) is 11.6 Å². The van der Waals surface area contributed by atoms with Gasteiger partial charge in [-0.25, -0.2) is 14.3 Å². The lowest BCUT2D eigenvalue weighted by atomic mass is 9.74. The molecule has 0 saturated carbocycles. The minimum atomic E-state index is 0.0706. The summed E-state index contributed by atoms with van der Waals surface area (Å²) in [6.45, 7) is 6.35. The number of anilines is 2. The molecule has 1 spiro atoms. The summed E-state index contributed by atoms with van der Waals surface area (Å²) >= 11 is 14.5. The molecular weight excluding hydrogens is 501 g/mol. The first-order valence-corrected chi connectivity index (χ1v) is 13.3. The van der Waals surface area contributed by atoms with E-state index in [2.05, 4.69) is 37.3 Å². The van der Waals surface area contributed by atoms with Crippen LogP contribution in [0.4, 0.5) is 11.5 Å². The van der Waals surface area contributed by atoms with Crippen LogP contribution in [0.2, 0.25) is 10.0 Å². The van der Waals surface area contributed by atoms with Gasteiger partial charge in [-0.1, -0.05) is 48.1 Å². The third-order valence-electron chi connectivity index (χ3n) is 6.86. The number of nitrogens with one attached hydrogen (secondary N) is 1. The number of hydrogen-bond acceptors (Lipinski definition) is 8. The lowest BCUT2D eigenvalue weighted by Gasteiger charge is -2.59. The van der Waals surface area contributed by atoms with Crippen LogP contribution in [-0.4, -0.2) is 57.4 Å². The van der Waals surface area contributed by atoms with Crippen molar-refractivity contribution in [3.05, 3.63) is 75.4 Å². The first-order valence-electron chi connectivity index (χ1n) is 11.4. The number of pyridine rings is 1. The number of benzene rings is 1. The number of hydrogen-bond donors (Lipinski definition) is 2. The molecule has 3 N–H and O–H groups in total. The van der Waals surface area contributed by atoms with E-state index < -0.39 is 0 Å². The molecule has 2 aliphatic heterocycles. The van der Waals surface area contributed by atoms with Gasteiger partial charge in [0.1, 0.15) is 11.5 Å². The summed E-state index contributed by atoms with van der Waals surface area (Å²) < 4.78 is 2.38. The highest BCUT2D eigenvalue weighted by Gasteiger charge is 2.52. The quantitative estimate of drug-likeness (QED) is 0.255. The monoisotopic (exact) mass is 527 g/mol. The predicted octanol–water partition coefficient (Wildman–Crippen LogP) is 4.92. The molecule has 2 aliphatic rings. The highest BCUT2D eigenvalue weighted by atomic mass is 35.5. The van der Waals surface area contributed by atoms with Crippen molar-refractivity contribution in [1.29, 1.82) is 5.41 Å². The van der Waals surface area contributed by atoms with E-state index in [1.807, 2.05) is 30.1 Å². The van der Waals surface area contributed by atoms with E-state index in [0.717, 1.165) is 43.1 Å². The van der Waals surface area contributed by atoms with Crippen molar-refractivity contribution in [2.75, 3.05) is 43.1 Å². The molecule has 5 rings (SSSR count). The lowest BCUT2D eigenvalue weighted by Crippen LogP contribution is -2.70. The molecule has 2 saturated heterocycles. The lowest BCUT2D eigenvalue weighted by molar-refractivity contribution is 0.0474. The maximum absolute atomic E-state index is 8.75. The molecule has 1 atom stereocenters. The van der Waals surface area contributed by atoms with E-state index >= 15 is 0 Å². The van der Waals surface area contributed by atoms with E-state index in [1.54, 1.807) is 24.8 Å². The Labute approximate surface area is 219 Å². The number of halogens is 2. The molecule has 0 amide bonds. The molecule has 182 valence electrons. The van der Waals surface area contributed by atoms with Crippen LogP contribution in [0.15, 0.2) is 43.0 Å². The molecule has 0 bridgehead atoms. The molecule has 0 aliphatic carbocycles. The van der Waals surface area contributed by atoms with Crippen molar-refractivity contribution in [2.24, 2.45) is 5.41 Å². The Hall–Kier alpha value is -2.39. The average Bonchev–Trinajstić information content (AvgIpc) is 2.78. The van der Waals surface area contributed by atoms with E-state index in [4.69, 9.17) is 34.3 Å². The first-order chi connectivity index (χ1) is 16.8. The number of rotatable bonds is 7.